The predicted molar refractivity (Wildman–Crippen MR) is 112 cm³/mol. The highest BCUT2D eigenvalue weighted by molar-refractivity contribution is 7.89. The van der Waals surface area contributed by atoms with Crippen molar-refractivity contribution in [3.63, 3.8) is 0 Å². The van der Waals surface area contributed by atoms with Crippen molar-refractivity contribution < 1.29 is 18.0 Å². The Morgan fingerprint density at radius 1 is 0.931 bits per heavy atom. The monoisotopic (exact) mass is 415 g/mol. The fourth-order valence-electron chi connectivity index (χ4n) is 3.34. The summed E-state index contributed by atoms with van der Waals surface area (Å²) in [6.45, 7) is 3.90. The maximum Gasteiger partial charge on any atom is 0.243 e. The molecule has 0 saturated carbocycles. The zero-order valence-corrected chi connectivity index (χ0v) is 17.3. The summed E-state index contributed by atoms with van der Waals surface area (Å²) < 4.78 is 27.0. The van der Waals surface area contributed by atoms with Crippen LogP contribution in [0.1, 0.15) is 25.3 Å². The van der Waals surface area contributed by atoms with Crippen LogP contribution in [-0.4, -0.2) is 37.6 Å². The molecule has 2 amide bonds. The fraction of sp³-hybridized carbons (Fsp3) is 0.333. The number of para-hydroxylation sites is 2. The average Bonchev–Trinajstić information content (AvgIpc) is 2.69. The smallest absolute Gasteiger partial charge is 0.243 e. The molecule has 1 saturated heterocycles. The minimum absolute atomic E-state index is 0.171. The Bertz CT molecular complexity index is 995. The molecule has 1 aliphatic heterocycles. The number of anilines is 2. The first-order valence-electron chi connectivity index (χ1n) is 9.51. The van der Waals surface area contributed by atoms with Gasteiger partial charge in [0.2, 0.25) is 21.8 Å². The molecule has 1 heterocycles. The molecule has 7 nitrogen and oxygen atoms in total. The zero-order chi connectivity index (χ0) is 21.0. The van der Waals surface area contributed by atoms with Gasteiger partial charge in [-0.05, 0) is 44.0 Å². The first kappa shape index (κ1) is 21.0. The van der Waals surface area contributed by atoms with Gasteiger partial charge in [0.1, 0.15) is 0 Å². The normalized spacial score (nSPS) is 15.7. The summed E-state index contributed by atoms with van der Waals surface area (Å²) in [6, 6.07) is 13.8. The van der Waals surface area contributed by atoms with E-state index >= 15 is 0 Å². The summed E-state index contributed by atoms with van der Waals surface area (Å²) in [5.74, 6) is -0.679. The van der Waals surface area contributed by atoms with Gasteiger partial charge in [0.25, 0.3) is 0 Å². The summed E-state index contributed by atoms with van der Waals surface area (Å²) in [5.41, 5.74) is 2.06. The van der Waals surface area contributed by atoms with E-state index < -0.39 is 10.0 Å². The molecular formula is C21H25N3O4S. The molecule has 2 N–H and O–H groups in total. The number of hydrogen-bond acceptors (Lipinski definition) is 4. The standard InChI is InChI=1S/C21H25N3O4S/c1-15-7-9-18(10-8-15)29(27,28)24-13-11-17(12-14-24)21(26)23-20-6-4-3-5-19(20)22-16(2)25/h3-10,17H,11-14H2,1-2H3,(H,22,25)(H,23,26). The lowest BCUT2D eigenvalue weighted by atomic mass is 9.97. The first-order chi connectivity index (χ1) is 13.8. The molecule has 29 heavy (non-hydrogen) atoms. The van der Waals surface area contributed by atoms with Crippen molar-refractivity contribution in [2.24, 2.45) is 5.92 Å². The van der Waals surface area contributed by atoms with Crippen molar-refractivity contribution in [1.82, 2.24) is 4.31 Å². The first-order valence-corrected chi connectivity index (χ1v) is 11.0. The molecule has 2 aromatic carbocycles. The number of benzene rings is 2. The third-order valence-electron chi connectivity index (χ3n) is 4.98. The highest BCUT2D eigenvalue weighted by Crippen LogP contribution is 2.27. The zero-order valence-electron chi connectivity index (χ0n) is 16.5. The van der Waals surface area contributed by atoms with Crippen molar-refractivity contribution in [1.29, 1.82) is 0 Å². The maximum atomic E-state index is 12.8. The van der Waals surface area contributed by atoms with E-state index in [9.17, 15) is 18.0 Å². The minimum Gasteiger partial charge on any atom is -0.325 e. The van der Waals surface area contributed by atoms with Crippen molar-refractivity contribution in [3.05, 3.63) is 54.1 Å². The van der Waals surface area contributed by atoms with Crippen LogP contribution in [0.2, 0.25) is 0 Å². The van der Waals surface area contributed by atoms with Gasteiger partial charge >= 0.3 is 0 Å². The number of nitrogens with zero attached hydrogens (tertiary/aromatic N) is 1. The quantitative estimate of drug-likeness (QED) is 0.785. The van der Waals surface area contributed by atoms with Gasteiger partial charge in [-0.25, -0.2) is 8.42 Å². The molecule has 1 aliphatic rings. The number of sulfonamides is 1. The SMILES string of the molecule is CC(=O)Nc1ccccc1NC(=O)C1CCN(S(=O)(=O)c2ccc(C)cc2)CC1. The van der Waals surface area contributed by atoms with Crippen LogP contribution in [0.3, 0.4) is 0 Å². The van der Waals surface area contributed by atoms with E-state index in [1.807, 2.05) is 6.92 Å². The number of amides is 2. The molecule has 0 aliphatic carbocycles. The number of piperidine rings is 1. The summed E-state index contributed by atoms with van der Waals surface area (Å²) in [7, 11) is -3.55. The van der Waals surface area contributed by atoms with Crippen molar-refractivity contribution in [2.75, 3.05) is 23.7 Å². The lowest BCUT2D eigenvalue weighted by Gasteiger charge is -2.30. The van der Waals surface area contributed by atoms with Crippen LogP contribution >= 0.6 is 0 Å². The number of hydrogen-bond donors (Lipinski definition) is 2. The molecule has 0 spiro atoms. The van der Waals surface area contributed by atoms with Crippen LogP contribution in [-0.2, 0) is 19.6 Å². The van der Waals surface area contributed by atoms with Crippen molar-refractivity contribution in [3.8, 4) is 0 Å². The van der Waals surface area contributed by atoms with Gasteiger partial charge in [-0.1, -0.05) is 29.8 Å². The largest absolute Gasteiger partial charge is 0.325 e. The Hall–Kier alpha value is -2.71. The average molecular weight is 416 g/mol. The Morgan fingerprint density at radius 3 is 2.03 bits per heavy atom. The molecule has 2 aromatic rings. The lowest BCUT2D eigenvalue weighted by molar-refractivity contribution is -0.121. The van der Waals surface area contributed by atoms with Crippen LogP contribution in [0.4, 0.5) is 11.4 Å². The molecule has 154 valence electrons. The van der Waals surface area contributed by atoms with Crippen molar-refractivity contribution >= 4 is 33.2 Å². The van der Waals surface area contributed by atoms with Gasteiger partial charge in [0.15, 0.2) is 0 Å². The Morgan fingerprint density at radius 2 is 1.48 bits per heavy atom. The highest BCUT2D eigenvalue weighted by Gasteiger charge is 2.32. The van der Waals surface area contributed by atoms with E-state index in [2.05, 4.69) is 10.6 Å². The molecule has 0 atom stereocenters. The van der Waals surface area contributed by atoms with E-state index in [4.69, 9.17) is 0 Å². The Labute approximate surface area is 171 Å². The molecule has 8 heteroatoms. The van der Waals surface area contributed by atoms with E-state index in [1.165, 1.54) is 11.2 Å². The van der Waals surface area contributed by atoms with Gasteiger partial charge < -0.3 is 10.6 Å². The fourth-order valence-corrected chi connectivity index (χ4v) is 4.81. The Balaban J connectivity index is 1.63. The second-order valence-corrected chi connectivity index (χ2v) is 9.15. The van der Waals surface area contributed by atoms with E-state index in [0.717, 1.165) is 5.56 Å². The summed E-state index contributed by atoms with van der Waals surface area (Å²) in [6.07, 6.45) is 0.887. The predicted octanol–water partition coefficient (Wildman–Crippen LogP) is 2.99. The van der Waals surface area contributed by atoms with Gasteiger partial charge in [-0.2, -0.15) is 4.31 Å². The number of nitrogens with one attached hydrogen (secondary N) is 2. The Kier molecular flexibility index (Phi) is 6.34. The third-order valence-corrected chi connectivity index (χ3v) is 6.89. The summed E-state index contributed by atoms with van der Waals surface area (Å²) >= 11 is 0. The minimum atomic E-state index is -3.55. The van der Waals surface area contributed by atoms with E-state index in [0.29, 0.717) is 37.3 Å². The van der Waals surface area contributed by atoms with Gasteiger partial charge in [0, 0.05) is 25.9 Å². The number of carbonyl (C=O) groups excluding carboxylic acids is 2. The molecule has 0 radical (unpaired) electrons. The van der Waals surface area contributed by atoms with E-state index in [1.54, 1.807) is 48.5 Å². The molecule has 0 unspecified atom stereocenters. The van der Waals surface area contributed by atoms with Gasteiger partial charge in [0.05, 0.1) is 16.3 Å². The third kappa shape index (κ3) is 5.02. The summed E-state index contributed by atoms with van der Waals surface area (Å²) in [4.78, 5) is 24.3. The second kappa shape index (κ2) is 8.75. The van der Waals surface area contributed by atoms with E-state index in [-0.39, 0.29) is 22.6 Å². The van der Waals surface area contributed by atoms with Crippen LogP contribution in [0.5, 0.6) is 0 Å². The summed E-state index contributed by atoms with van der Waals surface area (Å²) in [5, 5.41) is 5.54. The number of carbonyl (C=O) groups is 2. The van der Waals surface area contributed by atoms with Crippen molar-refractivity contribution in [2.45, 2.75) is 31.6 Å². The number of rotatable bonds is 5. The topological polar surface area (TPSA) is 95.6 Å². The van der Waals surface area contributed by atoms with Crippen LogP contribution in [0, 0.1) is 12.8 Å². The highest BCUT2D eigenvalue weighted by atomic mass is 32.2. The van der Waals surface area contributed by atoms with Crippen LogP contribution in [0.15, 0.2) is 53.4 Å². The molecular weight excluding hydrogens is 390 g/mol. The maximum absolute atomic E-state index is 12.8. The molecule has 1 fully saturated rings. The lowest BCUT2D eigenvalue weighted by Crippen LogP contribution is -2.41. The van der Waals surface area contributed by atoms with Crippen LogP contribution < -0.4 is 10.6 Å². The second-order valence-electron chi connectivity index (χ2n) is 7.21. The number of aryl methyl sites for hydroxylation is 1. The van der Waals surface area contributed by atoms with Gasteiger partial charge in [-0.15, -0.1) is 0 Å². The molecule has 0 aromatic heterocycles. The molecule has 3 rings (SSSR count). The van der Waals surface area contributed by atoms with Gasteiger partial charge in [-0.3, -0.25) is 9.59 Å². The molecule has 0 bridgehead atoms. The van der Waals surface area contributed by atoms with Crippen LogP contribution in [0.25, 0.3) is 0 Å².